The predicted molar refractivity (Wildman–Crippen MR) is 61.5 cm³/mol. The van der Waals surface area contributed by atoms with Crippen molar-refractivity contribution in [3.63, 3.8) is 0 Å². The lowest BCUT2D eigenvalue weighted by atomic mass is 10.1. The summed E-state index contributed by atoms with van der Waals surface area (Å²) < 4.78 is 21.9. The summed E-state index contributed by atoms with van der Waals surface area (Å²) in [6.07, 6.45) is 1.13. The van der Waals surface area contributed by atoms with Crippen LogP contribution < -0.4 is 4.74 Å². The van der Waals surface area contributed by atoms with E-state index in [1.165, 1.54) is 19.4 Å². The number of benzene rings is 1. The summed E-state index contributed by atoms with van der Waals surface area (Å²) in [6.45, 7) is 0. The number of rotatable bonds is 4. The van der Waals surface area contributed by atoms with Gasteiger partial charge in [-0.05, 0) is 29.2 Å². The lowest BCUT2D eigenvalue weighted by Crippen LogP contribution is -2.00. The van der Waals surface area contributed by atoms with Gasteiger partial charge in [0.25, 0.3) is 0 Å². The van der Waals surface area contributed by atoms with Crippen molar-refractivity contribution in [2.75, 3.05) is 7.11 Å². The van der Waals surface area contributed by atoms with Gasteiger partial charge in [0.2, 0.25) is 0 Å². The van der Waals surface area contributed by atoms with E-state index in [0.717, 1.165) is 11.5 Å². The van der Waals surface area contributed by atoms with E-state index in [1.807, 2.05) is 0 Å². The van der Waals surface area contributed by atoms with Crippen LogP contribution in [0.1, 0.15) is 16.5 Å². The Morgan fingerprint density at radius 2 is 2.35 bits per heavy atom. The lowest BCUT2D eigenvalue weighted by Gasteiger charge is -2.08. The Kier molecular flexibility index (Phi) is 3.65. The first-order valence-corrected chi connectivity index (χ1v) is 5.76. The number of hydrogen-bond donors (Lipinski definition) is 1. The summed E-state index contributed by atoms with van der Waals surface area (Å²) in [5, 5.41) is 13.5. The molecule has 17 heavy (non-hydrogen) atoms. The molecule has 90 valence electrons. The zero-order valence-corrected chi connectivity index (χ0v) is 9.95. The molecule has 1 N–H and O–H groups in total. The zero-order chi connectivity index (χ0) is 12.3. The molecular formula is C11H11FN2O2S. The molecule has 1 unspecified atom stereocenters. The van der Waals surface area contributed by atoms with Crippen LogP contribution in [0.15, 0.2) is 24.4 Å². The van der Waals surface area contributed by atoms with Crippen molar-refractivity contribution >= 4 is 11.5 Å². The normalized spacial score (nSPS) is 12.4. The van der Waals surface area contributed by atoms with Crippen molar-refractivity contribution in [1.29, 1.82) is 0 Å². The van der Waals surface area contributed by atoms with Gasteiger partial charge in [-0.3, -0.25) is 0 Å². The third-order valence-electron chi connectivity index (χ3n) is 2.35. The molecule has 0 aliphatic carbocycles. The molecule has 0 aliphatic heterocycles. The van der Waals surface area contributed by atoms with E-state index in [1.54, 1.807) is 12.1 Å². The Morgan fingerprint density at radius 3 is 2.94 bits per heavy atom. The van der Waals surface area contributed by atoms with Crippen LogP contribution >= 0.6 is 11.5 Å². The molecule has 4 nitrogen and oxygen atoms in total. The van der Waals surface area contributed by atoms with Gasteiger partial charge in [0.1, 0.15) is 0 Å². The number of aliphatic hydroxyl groups is 1. The van der Waals surface area contributed by atoms with Gasteiger partial charge in [0.15, 0.2) is 11.6 Å². The third kappa shape index (κ3) is 2.78. The van der Waals surface area contributed by atoms with Gasteiger partial charge in [-0.15, -0.1) is 5.10 Å². The minimum Gasteiger partial charge on any atom is -0.494 e. The first-order chi connectivity index (χ1) is 8.20. The second-order valence-corrected chi connectivity index (χ2v) is 4.33. The number of aromatic nitrogens is 2. The Hall–Kier alpha value is -1.53. The minimum absolute atomic E-state index is 0.197. The second kappa shape index (κ2) is 5.20. The number of nitrogens with zero attached hydrogens (tertiary/aromatic N) is 2. The van der Waals surface area contributed by atoms with Crippen LogP contribution in [-0.4, -0.2) is 21.8 Å². The molecule has 1 aromatic carbocycles. The van der Waals surface area contributed by atoms with Crippen molar-refractivity contribution in [2.24, 2.45) is 0 Å². The highest BCUT2D eigenvalue weighted by Gasteiger charge is 2.12. The van der Waals surface area contributed by atoms with Crippen LogP contribution in [0.3, 0.4) is 0 Å². The topological polar surface area (TPSA) is 55.2 Å². The summed E-state index contributed by atoms with van der Waals surface area (Å²) in [5.74, 6) is -0.234. The quantitative estimate of drug-likeness (QED) is 0.906. The average molecular weight is 254 g/mol. The van der Waals surface area contributed by atoms with Crippen molar-refractivity contribution in [3.05, 3.63) is 40.7 Å². The number of hydrogen-bond acceptors (Lipinski definition) is 5. The van der Waals surface area contributed by atoms with Crippen molar-refractivity contribution < 1.29 is 14.2 Å². The Morgan fingerprint density at radius 1 is 1.53 bits per heavy atom. The average Bonchev–Trinajstić information content (AvgIpc) is 2.82. The van der Waals surface area contributed by atoms with Crippen LogP contribution in [0.2, 0.25) is 0 Å². The maximum atomic E-state index is 13.4. The number of halogens is 1. The van der Waals surface area contributed by atoms with Crippen LogP contribution in [0.25, 0.3) is 0 Å². The number of methoxy groups -OCH3 is 1. The molecule has 1 heterocycles. The van der Waals surface area contributed by atoms with Crippen molar-refractivity contribution in [3.8, 4) is 5.75 Å². The predicted octanol–water partition coefficient (Wildman–Crippen LogP) is 1.96. The summed E-state index contributed by atoms with van der Waals surface area (Å²) >= 11 is 1.13. The molecular weight excluding hydrogens is 243 g/mol. The van der Waals surface area contributed by atoms with E-state index in [0.29, 0.717) is 16.9 Å². The SMILES string of the molecule is COc1ccc(CC(O)c2cnns2)cc1F. The number of aliphatic hydroxyl groups excluding tert-OH is 1. The summed E-state index contributed by atoms with van der Waals surface area (Å²) in [6, 6.07) is 4.62. The summed E-state index contributed by atoms with van der Waals surface area (Å²) in [7, 11) is 1.41. The third-order valence-corrected chi connectivity index (χ3v) is 3.12. The monoisotopic (exact) mass is 254 g/mol. The maximum absolute atomic E-state index is 13.4. The molecule has 0 bridgehead atoms. The molecule has 2 aromatic rings. The van der Waals surface area contributed by atoms with Crippen LogP contribution in [0, 0.1) is 5.82 Å². The Labute approximate surface area is 102 Å². The highest BCUT2D eigenvalue weighted by molar-refractivity contribution is 7.05. The van der Waals surface area contributed by atoms with Crippen molar-refractivity contribution in [1.82, 2.24) is 9.59 Å². The van der Waals surface area contributed by atoms with E-state index in [4.69, 9.17) is 4.74 Å². The van der Waals surface area contributed by atoms with Gasteiger partial charge in [-0.25, -0.2) is 4.39 Å². The van der Waals surface area contributed by atoms with Crippen LogP contribution in [0.5, 0.6) is 5.75 Å². The fourth-order valence-electron chi connectivity index (χ4n) is 1.48. The molecule has 0 aliphatic rings. The van der Waals surface area contributed by atoms with Gasteiger partial charge in [-0.2, -0.15) is 0 Å². The lowest BCUT2D eigenvalue weighted by molar-refractivity contribution is 0.182. The van der Waals surface area contributed by atoms with E-state index >= 15 is 0 Å². The molecule has 1 aromatic heterocycles. The summed E-state index contributed by atoms with van der Waals surface area (Å²) in [4.78, 5) is 0.668. The first-order valence-electron chi connectivity index (χ1n) is 4.98. The first kappa shape index (κ1) is 11.9. The molecule has 0 spiro atoms. The van der Waals surface area contributed by atoms with Gasteiger partial charge in [0.05, 0.1) is 24.3 Å². The standard InChI is InChI=1S/C11H11FN2O2S/c1-16-10-3-2-7(4-8(10)12)5-9(15)11-6-13-14-17-11/h2-4,6,9,15H,5H2,1H3. The van der Waals surface area contributed by atoms with E-state index in [9.17, 15) is 9.50 Å². The molecule has 0 radical (unpaired) electrons. The van der Waals surface area contributed by atoms with Gasteiger partial charge in [0, 0.05) is 6.42 Å². The van der Waals surface area contributed by atoms with Crippen LogP contribution in [0.4, 0.5) is 4.39 Å². The van der Waals surface area contributed by atoms with Gasteiger partial charge in [-0.1, -0.05) is 10.6 Å². The maximum Gasteiger partial charge on any atom is 0.165 e. The molecule has 0 amide bonds. The smallest absolute Gasteiger partial charge is 0.165 e. The molecule has 6 heteroatoms. The molecule has 0 fully saturated rings. The molecule has 2 rings (SSSR count). The second-order valence-electron chi connectivity index (χ2n) is 3.51. The Balaban J connectivity index is 2.11. The molecule has 0 saturated heterocycles. The van der Waals surface area contributed by atoms with E-state index < -0.39 is 11.9 Å². The largest absolute Gasteiger partial charge is 0.494 e. The highest BCUT2D eigenvalue weighted by atomic mass is 32.1. The fourth-order valence-corrected chi connectivity index (χ4v) is 1.97. The Bertz CT molecular complexity index is 490. The van der Waals surface area contributed by atoms with Crippen molar-refractivity contribution in [2.45, 2.75) is 12.5 Å². The fraction of sp³-hybridized carbons (Fsp3) is 0.273. The highest BCUT2D eigenvalue weighted by Crippen LogP contribution is 2.23. The minimum atomic E-state index is -0.706. The molecule has 1 atom stereocenters. The van der Waals surface area contributed by atoms with Crippen LogP contribution in [-0.2, 0) is 6.42 Å². The van der Waals surface area contributed by atoms with E-state index in [-0.39, 0.29) is 5.75 Å². The number of ether oxygens (including phenoxy) is 1. The summed E-state index contributed by atoms with van der Waals surface area (Å²) in [5.41, 5.74) is 0.698. The van der Waals surface area contributed by atoms with E-state index in [2.05, 4.69) is 9.59 Å². The van der Waals surface area contributed by atoms with Gasteiger partial charge >= 0.3 is 0 Å². The van der Waals surface area contributed by atoms with Gasteiger partial charge < -0.3 is 9.84 Å². The molecule has 0 saturated carbocycles. The zero-order valence-electron chi connectivity index (χ0n) is 9.13.